The van der Waals surface area contributed by atoms with Crippen LogP contribution in [0.4, 0.5) is 0 Å². The largest absolute Gasteiger partial charge is 0.0872 e. The summed E-state index contributed by atoms with van der Waals surface area (Å²) in [4.78, 5) is 0. The zero-order valence-corrected chi connectivity index (χ0v) is 13.5. The third kappa shape index (κ3) is 1.34. The van der Waals surface area contributed by atoms with Gasteiger partial charge >= 0.3 is 0 Å². The number of fused-ring (bicyclic) bond motifs is 1. The van der Waals surface area contributed by atoms with E-state index in [0.29, 0.717) is 8.27 Å². The first kappa shape index (κ1) is 11.7. The SMILES string of the molecule is C[Si](C)(C)[C@@]12CCCCC[C@@H]1C2(Br)Br. The maximum Gasteiger partial charge on any atom is 0.0872 e. The third-order valence-electron chi connectivity index (χ3n) is 4.45. The van der Waals surface area contributed by atoms with Crippen LogP contribution in [-0.4, -0.2) is 11.3 Å². The molecule has 2 atom stereocenters. The summed E-state index contributed by atoms with van der Waals surface area (Å²) in [6.45, 7) is 7.61. The molecule has 2 rings (SSSR count). The molecular formula is C11H20Br2Si. The molecule has 14 heavy (non-hydrogen) atoms. The van der Waals surface area contributed by atoms with Crippen LogP contribution in [0.1, 0.15) is 32.1 Å². The predicted molar refractivity (Wildman–Crippen MR) is 73.2 cm³/mol. The lowest BCUT2D eigenvalue weighted by Gasteiger charge is -2.31. The lowest BCUT2D eigenvalue weighted by molar-refractivity contribution is 0.643. The average molecular weight is 340 g/mol. The van der Waals surface area contributed by atoms with E-state index >= 15 is 0 Å². The second-order valence-corrected chi connectivity index (χ2v) is 15.0. The first-order valence-corrected chi connectivity index (χ1v) is 10.8. The molecule has 0 aromatic rings. The topological polar surface area (TPSA) is 0 Å². The van der Waals surface area contributed by atoms with Crippen molar-refractivity contribution in [2.75, 3.05) is 0 Å². The number of hydrogen-bond donors (Lipinski definition) is 0. The summed E-state index contributed by atoms with van der Waals surface area (Å²) in [5, 5.41) is 0.635. The van der Waals surface area contributed by atoms with Crippen LogP contribution < -0.4 is 0 Å². The Balaban J connectivity index is 2.31. The number of alkyl halides is 2. The normalized spacial score (nSPS) is 41.4. The van der Waals surface area contributed by atoms with E-state index in [1.54, 1.807) is 0 Å². The molecule has 2 aliphatic rings. The monoisotopic (exact) mass is 338 g/mol. The van der Waals surface area contributed by atoms with E-state index in [-0.39, 0.29) is 0 Å². The molecule has 2 fully saturated rings. The van der Waals surface area contributed by atoms with Crippen LogP contribution in [0.2, 0.25) is 24.7 Å². The third-order valence-corrected chi connectivity index (χ3v) is 11.4. The molecule has 82 valence electrons. The van der Waals surface area contributed by atoms with Gasteiger partial charge < -0.3 is 0 Å². The van der Waals surface area contributed by atoms with Gasteiger partial charge in [-0.25, -0.2) is 0 Å². The number of hydrogen-bond acceptors (Lipinski definition) is 0. The van der Waals surface area contributed by atoms with E-state index in [1.807, 2.05) is 0 Å². The average Bonchev–Trinajstić information content (AvgIpc) is 2.59. The van der Waals surface area contributed by atoms with Crippen molar-refractivity contribution in [3.8, 4) is 0 Å². The van der Waals surface area contributed by atoms with Crippen LogP contribution in [0, 0.1) is 5.92 Å². The van der Waals surface area contributed by atoms with Crippen molar-refractivity contribution in [2.24, 2.45) is 5.92 Å². The van der Waals surface area contributed by atoms with Gasteiger partial charge in [0.1, 0.15) is 0 Å². The second kappa shape index (κ2) is 3.33. The summed E-state index contributed by atoms with van der Waals surface area (Å²) in [6, 6.07) is 0. The fourth-order valence-corrected chi connectivity index (χ4v) is 13.0. The molecular weight excluding hydrogens is 320 g/mol. The molecule has 0 spiro atoms. The number of rotatable bonds is 1. The molecule has 0 aromatic heterocycles. The summed E-state index contributed by atoms with van der Waals surface area (Å²) in [7, 11) is -1.07. The maximum absolute atomic E-state index is 3.96. The van der Waals surface area contributed by atoms with Gasteiger partial charge in [0.25, 0.3) is 0 Å². The van der Waals surface area contributed by atoms with Crippen molar-refractivity contribution < 1.29 is 0 Å². The Bertz CT molecular complexity index is 244. The lowest BCUT2D eigenvalue weighted by atomic mass is 10.2. The summed E-state index contributed by atoms with van der Waals surface area (Å²) < 4.78 is 0.303. The highest BCUT2D eigenvalue weighted by atomic mass is 79.9. The highest BCUT2D eigenvalue weighted by Crippen LogP contribution is 2.84. The van der Waals surface area contributed by atoms with Crippen LogP contribution in [0.25, 0.3) is 0 Å². The van der Waals surface area contributed by atoms with Gasteiger partial charge in [0.2, 0.25) is 0 Å². The summed E-state index contributed by atoms with van der Waals surface area (Å²) in [5.74, 6) is 0.907. The summed E-state index contributed by atoms with van der Waals surface area (Å²) >= 11 is 7.92. The minimum atomic E-state index is -1.07. The van der Waals surface area contributed by atoms with E-state index in [4.69, 9.17) is 0 Å². The Hall–Kier alpha value is 1.18. The molecule has 0 radical (unpaired) electrons. The molecule has 2 saturated carbocycles. The molecule has 3 heteroatoms. The van der Waals surface area contributed by atoms with Gasteiger partial charge in [0, 0.05) is 0 Å². The first-order chi connectivity index (χ1) is 6.34. The fourth-order valence-electron chi connectivity index (χ4n) is 3.63. The molecule has 0 nitrogen and oxygen atoms in total. The summed E-state index contributed by atoms with van der Waals surface area (Å²) in [5.41, 5.74) is 0. The highest BCUT2D eigenvalue weighted by Gasteiger charge is 2.77. The quantitative estimate of drug-likeness (QED) is 0.458. The van der Waals surface area contributed by atoms with E-state index in [9.17, 15) is 0 Å². The van der Waals surface area contributed by atoms with Gasteiger partial charge in [-0.1, -0.05) is 70.8 Å². The predicted octanol–water partition coefficient (Wildman–Crippen LogP) is 5.15. The zero-order valence-electron chi connectivity index (χ0n) is 9.37. The molecule has 0 heterocycles. The van der Waals surface area contributed by atoms with Crippen LogP contribution in [0.3, 0.4) is 0 Å². The van der Waals surface area contributed by atoms with Gasteiger partial charge in [0.15, 0.2) is 0 Å². The molecule has 0 unspecified atom stereocenters. The van der Waals surface area contributed by atoms with Crippen LogP contribution >= 0.6 is 31.9 Å². The molecule has 2 aliphatic carbocycles. The number of halogens is 2. The van der Waals surface area contributed by atoms with Crippen molar-refractivity contribution in [1.29, 1.82) is 0 Å². The smallest absolute Gasteiger partial charge is 0.0721 e. The molecule has 0 aromatic carbocycles. The summed E-state index contributed by atoms with van der Waals surface area (Å²) in [6.07, 6.45) is 7.22. The standard InChI is InChI=1S/C11H20Br2Si/c1-14(2,3)10-8-6-4-5-7-9(10)11(10,12)13/h9H,4-8H2,1-3H3/t9-,10-/m0/s1. The van der Waals surface area contributed by atoms with Gasteiger partial charge in [-0.3, -0.25) is 0 Å². The lowest BCUT2D eigenvalue weighted by Crippen LogP contribution is -2.33. The molecule has 0 amide bonds. The minimum Gasteiger partial charge on any atom is -0.0721 e. The van der Waals surface area contributed by atoms with E-state index in [0.717, 1.165) is 5.92 Å². The Labute approximate surface area is 105 Å². The molecule has 0 saturated heterocycles. The van der Waals surface area contributed by atoms with Crippen molar-refractivity contribution in [3.63, 3.8) is 0 Å². The van der Waals surface area contributed by atoms with E-state index in [1.165, 1.54) is 32.1 Å². The van der Waals surface area contributed by atoms with Crippen molar-refractivity contribution >= 4 is 39.9 Å². The maximum atomic E-state index is 3.96. The molecule has 0 bridgehead atoms. The Morgan fingerprint density at radius 2 is 1.71 bits per heavy atom. The molecule has 0 aliphatic heterocycles. The van der Waals surface area contributed by atoms with Crippen molar-refractivity contribution in [2.45, 2.75) is 60.0 Å². The Morgan fingerprint density at radius 1 is 1.07 bits per heavy atom. The van der Waals surface area contributed by atoms with Crippen molar-refractivity contribution in [3.05, 3.63) is 0 Å². The van der Waals surface area contributed by atoms with Gasteiger partial charge in [0.05, 0.1) is 11.3 Å². The van der Waals surface area contributed by atoms with Crippen LogP contribution in [-0.2, 0) is 0 Å². The Morgan fingerprint density at radius 3 is 2.29 bits per heavy atom. The second-order valence-electron chi connectivity index (χ2n) is 6.00. The van der Waals surface area contributed by atoms with Gasteiger partial charge in [-0.15, -0.1) is 0 Å². The van der Waals surface area contributed by atoms with Crippen molar-refractivity contribution in [1.82, 2.24) is 0 Å². The van der Waals surface area contributed by atoms with E-state index in [2.05, 4.69) is 51.5 Å². The minimum absolute atomic E-state index is 0.303. The van der Waals surface area contributed by atoms with E-state index < -0.39 is 8.07 Å². The highest BCUT2D eigenvalue weighted by molar-refractivity contribution is 9.25. The first-order valence-electron chi connectivity index (χ1n) is 5.72. The van der Waals surface area contributed by atoms with Gasteiger partial charge in [-0.2, -0.15) is 0 Å². The van der Waals surface area contributed by atoms with Crippen LogP contribution in [0.5, 0.6) is 0 Å². The zero-order chi connectivity index (χ0) is 10.6. The Kier molecular flexibility index (Phi) is 2.77. The van der Waals surface area contributed by atoms with Gasteiger partial charge in [-0.05, 0) is 23.8 Å². The van der Waals surface area contributed by atoms with Crippen LogP contribution in [0.15, 0.2) is 0 Å². The fraction of sp³-hybridized carbons (Fsp3) is 1.00. The molecule has 0 N–H and O–H groups in total.